The Hall–Kier alpha value is -13.4. The van der Waals surface area contributed by atoms with Gasteiger partial charge in [0.1, 0.15) is 90.0 Å². The van der Waals surface area contributed by atoms with E-state index in [1.165, 1.54) is 54.7 Å². The number of carboxylic acids is 2. The number of benzene rings is 3. The zero-order valence-electron chi connectivity index (χ0n) is 68.9. The summed E-state index contributed by atoms with van der Waals surface area (Å²) in [5.41, 5.74) is 31.5. The Kier molecular flexibility index (Phi) is 40.6. The number of phenols is 2. The number of thiol groups is 2. The van der Waals surface area contributed by atoms with Gasteiger partial charge in [-0.3, -0.25) is 77.3 Å². The number of hydrogen-bond donors (Lipinski definition) is 28. The fourth-order valence-corrected chi connectivity index (χ4v) is 14.1. The molecule has 126 heavy (non-hydrogen) atoms. The van der Waals surface area contributed by atoms with Gasteiger partial charge in [0.05, 0.1) is 24.8 Å². The quantitative estimate of drug-likeness (QED) is 0.00712. The third-order valence-electron chi connectivity index (χ3n) is 20.4. The first kappa shape index (κ1) is 101. The zero-order valence-corrected chi connectivity index (χ0v) is 70.7. The molecule has 0 radical (unpaired) electrons. The van der Waals surface area contributed by atoms with E-state index in [1.54, 1.807) is 24.3 Å². The summed E-state index contributed by atoms with van der Waals surface area (Å²) in [5, 5.41) is 98.9. The summed E-state index contributed by atoms with van der Waals surface area (Å²) in [5.74, 6) is -20.6. The van der Waals surface area contributed by atoms with Crippen molar-refractivity contribution in [2.24, 2.45) is 28.0 Å². The molecule has 2 aliphatic rings. The molecule has 16 amide bonds. The minimum atomic E-state index is -2.14. The molecule has 6 rings (SSSR count). The Morgan fingerprint density at radius 2 is 1.22 bits per heavy atom. The summed E-state index contributed by atoms with van der Waals surface area (Å²) in [6, 6.07) is -6.48. The van der Waals surface area contributed by atoms with Crippen molar-refractivity contribution >= 4 is 143 Å². The van der Waals surface area contributed by atoms with Crippen LogP contribution in [-0.2, 0) is 96.0 Å². The van der Waals surface area contributed by atoms with Gasteiger partial charge >= 0.3 is 18.0 Å². The highest BCUT2D eigenvalue weighted by Crippen LogP contribution is 2.24. The highest BCUT2D eigenvalue weighted by atomic mass is 32.1. The van der Waals surface area contributed by atoms with Crippen molar-refractivity contribution < 1.29 is 107 Å². The van der Waals surface area contributed by atoms with Gasteiger partial charge in [-0.2, -0.15) is 30.4 Å². The molecule has 4 aromatic rings. The second-order valence-electron chi connectivity index (χ2n) is 29.8. The third kappa shape index (κ3) is 32.1. The molecule has 686 valence electrons. The summed E-state index contributed by atoms with van der Waals surface area (Å²) < 4.78 is 0. The average Bonchev–Trinajstić information content (AvgIpc) is 1.68. The summed E-state index contributed by atoms with van der Waals surface area (Å²) in [7, 11) is 1.15. The van der Waals surface area contributed by atoms with Crippen LogP contribution in [0.5, 0.6) is 11.5 Å². The van der Waals surface area contributed by atoms with Gasteiger partial charge in [-0.15, -0.1) is 0 Å². The van der Waals surface area contributed by atoms with Crippen LogP contribution >= 0.6 is 25.3 Å². The molecule has 2 aliphatic heterocycles. The van der Waals surface area contributed by atoms with E-state index in [0.717, 1.165) is 30.0 Å². The van der Waals surface area contributed by atoms with Gasteiger partial charge in [0.2, 0.25) is 82.7 Å². The molecule has 0 unspecified atom stereocenters. The number of nitrogens with zero attached hydrogens (tertiary/aromatic N) is 3. The van der Waals surface area contributed by atoms with Gasteiger partial charge in [0, 0.05) is 100 Å². The van der Waals surface area contributed by atoms with Crippen molar-refractivity contribution in [2.75, 3.05) is 51.3 Å². The number of carbonyl (C=O) groups is 17. The number of rotatable bonds is 32. The molecule has 3 heterocycles. The molecule has 0 spiro atoms. The number of H-pyrrole nitrogens is 1. The number of urea groups is 1. The second kappa shape index (κ2) is 50.4. The van der Waals surface area contributed by atoms with E-state index in [-0.39, 0.29) is 94.7 Å². The van der Waals surface area contributed by atoms with Crippen LogP contribution in [0.3, 0.4) is 0 Å². The number of aromatic hydroxyl groups is 2. The number of aromatic amines is 1. The maximum atomic E-state index is 15.4. The number of carboxylic acid groups (broad SMARTS) is 2. The topological polar surface area (TPSA) is 746 Å². The smallest absolute Gasteiger partial charge is 0.326 e. The maximum absolute atomic E-state index is 15.4. The van der Waals surface area contributed by atoms with E-state index >= 15 is 19.2 Å². The number of primary amides is 2. The number of aromatic nitrogens is 1. The normalized spacial score (nSPS) is 22.1. The zero-order chi connectivity index (χ0) is 93.0. The van der Waals surface area contributed by atoms with Gasteiger partial charge in [0.25, 0.3) is 0 Å². The molecule has 14 atom stereocenters. The van der Waals surface area contributed by atoms with E-state index in [4.69, 9.17) is 33.9 Å². The van der Waals surface area contributed by atoms with Crippen molar-refractivity contribution in [2.45, 2.75) is 188 Å². The fraction of sp³-hybridized carbons (Fsp3) is 0.487. The van der Waals surface area contributed by atoms with E-state index in [1.807, 2.05) is 0 Å². The monoisotopic (exact) mass is 1800 g/mol. The van der Waals surface area contributed by atoms with E-state index in [2.05, 4.69) is 110 Å². The van der Waals surface area contributed by atoms with Crippen LogP contribution in [0.25, 0.3) is 10.9 Å². The number of phenolic OH excluding ortho intramolecular Hbond substituents is 2. The highest BCUT2D eigenvalue weighted by molar-refractivity contribution is 7.80. The molecular formula is C78H110N24O22S2. The molecule has 1 saturated heterocycles. The predicted octanol–water partition coefficient (Wildman–Crippen LogP) is -5.86. The van der Waals surface area contributed by atoms with Crippen LogP contribution in [-0.4, -0.2) is 283 Å². The molecule has 0 bridgehead atoms. The predicted molar refractivity (Wildman–Crippen MR) is 456 cm³/mol. The molecule has 0 aliphatic carbocycles. The Bertz CT molecular complexity index is 4600. The second-order valence-corrected chi connectivity index (χ2v) is 30.6. The van der Waals surface area contributed by atoms with Gasteiger partial charge < -0.3 is 138 Å². The Labute approximate surface area is 732 Å². The maximum Gasteiger partial charge on any atom is 0.326 e. The van der Waals surface area contributed by atoms with Gasteiger partial charge in [-0.25, -0.2) is 15.1 Å². The van der Waals surface area contributed by atoms with Crippen LogP contribution in [0, 0.1) is 10.9 Å². The third-order valence-corrected chi connectivity index (χ3v) is 21.1. The number of guanidine groups is 1. The van der Waals surface area contributed by atoms with E-state index in [9.17, 15) is 87.9 Å². The average molecular weight is 1800 g/mol. The van der Waals surface area contributed by atoms with Crippen molar-refractivity contribution in [3.8, 4) is 11.5 Å². The molecule has 0 saturated carbocycles. The number of likely N-dealkylation sites (N-methyl/N-ethyl adjacent to an activating group) is 1. The minimum Gasteiger partial charge on any atom is -0.508 e. The summed E-state index contributed by atoms with van der Waals surface area (Å²) in [4.78, 5) is 246. The number of nitrogens with two attached hydrogens (primary N) is 4. The first-order valence-electron chi connectivity index (χ1n) is 40.1. The first-order valence-corrected chi connectivity index (χ1v) is 41.4. The van der Waals surface area contributed by atoms with Crippen LogP contribution < -0.4 is 97.4 Å². The first-order chi connectivity index (χ1) is 59.8. The van der Waals surface area contributed by atoms with Gasteiger partial charge in [-0.05, 0) is 112 Å². The largest absolute Gasteiger partial charge is 0.508 e. The van der Waals surface area contributed by atoms with Gasteiger partial charge in [-0.1, -0.05) is 42.5 Å². The van der Waals surface area contributed by atoms with Crippen LogP contribution in [0.1, 0.15) is 101 Å². The molecule has 46 nitrogen and oxygen atoms in total. The number of para-hydroxylation sites is 1. The van der Waals surface area contributed by atoms with Crippen molar-refractivity contribution in [3.63, 3.8) is 0 Å². The Morgan fingerprint density at radius 3 is 1.79 bits per heavy atom. The summed E-state index contributed by atoms with van der Waals surface area (Å²) in [6.07, 6.45) is -5.25. The molecule has 48 heteroatoms. The van der Waals surface area contributed by atoms with Gasteiger partial charge in [0.15, 0.2) is 5.96 Å². The number of aliphatic hydroxyl groups excluding tert-OH is 1. The van der Waals surface area contributed by atoms with Crippen LogP contribution in [0.2, 0.25) is 0 Å². The number of aliphatic hydroxyl groups is 1. The molecule has 1 fully saturated rings. The fourth-order valence-electron chi connectivity index (χ4n) is 13.6. The van der Waals surface area contributed by atoms with E-state index < -0.39 is 254 Å². The lowest BCUT2D eigenvalue weighted by Gasteiger charge is -2.31. The molecule has 30 N–H and O–H groups in total. The van der Waals surface area contributed by atoms with Crippen molar-refractivity contribution in [1.82, 2.24) is 89.2 Å². The number of fused-ring (bicyclic) bond motifs is 2. The number of aliphatic carboxylic acids is 2. The standard InChI is InChI=1S/C78H110N24O22S2/c1-39(103)63-73(119)97-55(33-62(108)109)75(121)102-28-8-14-58(102)72(118)93-50(12-6-26-86-77(81)82)66(112)98-57(38-126)71(117)91-49(13-7-27-87-78(83)124)64(110)94-52(31-42-35-88-47-10-4-3-9-46(42)47)68(114)92-51(23-24-60(80)106)67(113)90-48(11-5-25-85-36-43(100-84)32-53(69(115)99-63)95-70(116)56(37-125)89-61(107)34-79)65(111)96-54(29-40-15-19-44(104)20-16-40)74(120)101(2)59(76(122)123)30-41-17-21-45(105)22-18-41/h3-4,9-10,15-22,35-36,39,48-59,63,84-85,88,103-105,125-126H,5-8,11-14,23-34,37-38,79H2,1-2H3,(H2,80,106)(H,89,107)(H,90,113)(H,91,117)(H,92,114)(H,93,118)(H,94,110)(H,95,116)(H,96,111)(H,97,119)(H,98,112)(H,99,115)(H,108,109)(H,122,123)(H4,81,82,86)(H3,83,87,124)/b43-36+,100-84?/t39-,48-,49-,50-,51-,52+,53+,54+,55-,56+,57+,58+,59-,63+/m0/s1. The summed E-state index contributed by atoms with van der Waals surface area (Å²) in [6.45, 7) is -0.408. The van der Waals surface area contributed by atoms with Crippen molar-refractivity contribution in [3.05, 3.63) is 108 Å². The Morgan fingerprint density at radius 1 is 0.659 bits per heavy atom. The number of hydrogen-bond acceptors (Lipinski definition) is 27. The lowest BCUT2D eigenvalue weighted by atomic mass is 10.0. The van der Waals surface area contributed by atoms with Crippen molar-refractivity contribution in [1.29, 1.82) is 10.9 Å². The molecular weight excluding hydrogens is 1690 g/mol. The number of carbonyl (C=O) groups excluding carboxylic acids is 15. The summed E-state index contributed by atoms with van der Waals surface area (Å²) >= 11 is 8.50. The molecule has 1 aromatic heterocycles. The lowest BCUT2D eigenvalue weighted by Crippen LogP contribution is -2.62. The number of nitrogens with one attached hydrogen (secondary N) is 17. The minimum absolute atomic E-state index is 0.0265. The Balaban J connectivity index is 1.52. The van der Waals surface area contributed by atoms with Crippen LogP contribution in [0.4, 0.5) is 4.79 Å². The van der Waals surface area contributed by atoms with Crippen LogP contribution in [0.15, 0.2) is 96.0 Å². The number of amides is 16. The lowest BCUT2D eigenvalue weighted by molar-refractivity contribution is -0.150. The van der Waals surface area contributed by atoms with E-state index in [0.29, 0.717) is 27.6 Å². The highest BCUT2D eigenvalue weighted by Gasteiger charge is 2.43. The SMILES string of the molecule is C[C@H](O)[C@H]1NC(=O)[C@H](NC(=O)[C@@H](CS)NC(=O)CN)C/C(N=N)=C\NCCC[C@@H](C(=O)N[C@H](Cc2ccc(O)cc2)C(=O)N(C)[C@@H](Cc2ccc(O)cc2)C(=O)O)NC(=O)[C@H](CCC(N)=O)NC(=O)[C@@H](Cc2c[nH]c3ccccc23)NC(=O)[C@H](CCCNC(N)=O)NC(=O)[C@@H](CS)NC(=O)[C@H](CCCNC(=N)N)NC(=O)[C@H]2CCCN2C(=O)[C@H](CC(=O)O)NC1=O. The molecule has 3 aromatic carbocycles.